The molecule has 10 nitrogen and oxygen atoms in total. The molecule has 0 spiro atoms. The number of rotatable bonds is 3. The van der Waals surface area contributed by atoms with Crippen molar-refractivity contribution < 1.29 is 23.6 Å². The first kappa shape index (κ1) is 21.5. The van der Waals surface area contributed by atoms with E-state index >= 15 is 0 Å². The van der Waals surface area contributed by atoms with Crippen molar-refractivity contribution in [1.29, 1.82) is 0 Å². The summed E-state index contributed by atoms with van der Waals surface area (Å²) in [6.07, 6.45) is 2.32. The predicted octanol–water partition coefficient (Wildman–Crippen LogP) is 2.20. The summed E-state index contributed by atoms with van der Waals surface area (Å²) in [4.78, 5) is 42.2. The minimum Gasteiger partial charge on any atom is -0.453 e. The molecule has 1 aromatic carbocycles. The van der Waals surface area contributed by atoms with Crippen molar-refractivity contribution in [3.8, 4) is 5.69 Å². The highest BCUT2D eigenvalue weighted by Crippen LogP contribution is 2.43. The van der Waals surface area contributed by atoms with Crippen molar-refractivity contribution in [2.24, 2.45) is 10.7 Å². The quantitative estimate of drug-likeness (QED) is 0.704. The number of aromatic nitrogens is 2. The highest BCUT2D eigenvalue weighted by Gasteiger charge is 2.44. The second-order valence-corrected chi connectivity index (χ2v) is 9.20. The maximum atomic E-state index is 14.0. The van der Waals surface area contributed by atoms with E-state index in [1.807, 2.05) is 0 Å². The van der Waals surface area contributed by atoms with E-state index in [9.17, 15) is 14.0 Å². The SMILES string of the molecule is CC(C)(C)OC(=O)C1=NC(c2ncn3c2[C@@H]2CCCN2C(=O)c2cc(F)ccc2-3)N(CN)O1. The van der Waals surface area contributed by atoms with Crippen LogP contribution in [0.4, 0.5) is 4.39 Å². The van der Waals surface area contributed by atoms with Crippen LogP contribution in [-0.4, -0.2) is 56.1 Å². The van der Waals surface area contributed by atoms with Crippen LogP contribution in [0.25, 0.3) is 5.69 Å². The van der Waals surface area contributed by atoms with Crippen molar-refractivity contribution in [3.05, 3.63) is 47.3 Å². The number of benzene rings is 1. The topological polar surface area (TPSA) is 115 Å². The molecule has 0 aliphatic carbocycles. The van der Waals surface area contributed by atoms with Crippen molar-refractivity contribution in [2.45, 2.75) is 51.4 Å². The number of imidazole rings is 1. The molecule has 0 bridgehead atoms. The summed E-state index contributed by atoms with van der Waals surface area (Å²) in [5, 5.41) is 1.35. The Kier molecular flexibility index (Phi) is 4.98. The number of ether oxygens (including phenoxy) is 1. The predicted molar refractivity (Wildman–Crippen MR) is 115 cm³/mol. The lowest BCUT2D eigenvalue weighted by Crippen LogP contribution is -2.34. The Bertz CT molecular complexity index is 1170. The molecule has 3 aliphatic rings. The molecule has 1 fully saturated rings. The van der Waals surface area contributed by atoms with Crippen molar-refractivity contribution in [2.75, 3.05) is 13.2 Å². The maximum absolute atomic E-state index is 14.0. The average Bonchev–Trinajstić information content (AvgIpc) is 3.47. The lowest BCUT2D eigenvalue weighted by molar-refractivity contribution is -0.152. The second kappa shape index (κ2) is 7.63. The Labute approximate surface area is 189 Å². The molecule has 0 radical (unpaired) electrons. The Balaban J connectivity index is 1.62. The lowest BCUT2D eigenvalue weighted by Gasteiger charge is -2.25. The molecule has 3 aliphatic heterocycles. The molecule has 33 heavy (non-hydrogen) atoms. The fourth-order valence-corrected chi connectivity index (χ4v) is 4.54. The van der Waals surface area contributed by atoms with Gasteiger partial charge in [0.1, 0.15) is 17.1 Å². The number of nitrogens with two attached hydrogens (primary N) is 1. The van der Waals surface area contributed by atoms with Gasteiger partial charge in [0, 0.05) is 6.54 Å². The van der Waals surface area contributed by atoms with Gasteiger partial charge in [0.2, 0.25) is 0 Å². The summed E-state index contributed by atoms with van der Waals surface area (Å²) in [5.74, 6) is -1.62. The molecule has 1 aromatic heterocycles. The standard InChI is InChI=1S/C22H25FN6O4/c1-22(2,3)32-21(31)19-26-18(29(10-24)33-19)16-17-15-5-4-8-27(15)20(30)13-9-12(23)6-7-14(13)28(17)11-25-16/h6-7,9,11,15,18H,4-5,8,10,24H2,1-3H3/t15-,18?/m0/s1. The first-order valence-corrected chi connectivity index (χ1v) is 10.8. The van der Waals surface area contributed by atoms with Crippen LogP contribution in [-0.2, 0) is 14.4 Å². The first-order chi connectivity index (χ1) is 15.7. The van der Waals surface area contributed by atoms with Crippen LogP contribution in [0.1, 0.15) is 67.6 Å². The Morgan fingerprint density at radius 1 is 1.36 bits per heavy atom. The molecule has 11 heteroatoms. The first-order valence-electron chi connectivity index (χ1n) is 10.8. The van der Waals surface area contributed by atoms with Crippen LogP contribution < -0.4 is 5.73 Å². The molecule has 2 N–H and O–H groups in total. The number of carbonyl (C=O) groups is 2. The third-order valence-corrected chi connectivity index (χ3v) is 5.83. The van der Waals surface area contributed by atoms with Gasteiger partial charge in [0.25, 0.3) is 5.91 Å². The Morgan fingerprint density at radius 2 is 2.15 bits per heavy atom. The molecule has 4 heterocycles. The highest BCUT2D eigenvalue weighted by molar-refractivity contribution is 6.33. The van der Waals surface area contributed by atoms with Crippen LogP contribution in [0.3, 0.4) is 0 Å². The summed E-state index contributed by atoms with van der Waals surface area (Å²) in [7, 11) is 0. The molecule has 1 amide bonds. The third kappa shape index (κ3) is 3.57. The van der Waals surface area contributed by atoms with Gasteiger partial charge in [0.05, 0.1) is 36.0 Å². The van der Waals surface area contributed by atoms with Crippen LogP contribution in [0.15, 0.2) is 29.5 Å². The van der Waals surface area contributed by atoms with E-state index in [-0.39, 0.29) is 30.1 Å². The molecule has 0 saturated carbocycles. The number of aliphatic imine (C=N–C) groups is 1. The molecule has 2 aromatic rings. The summed E-state index contributed by atoms with van der Waals surface area (Å²) in [6.45, 7) is 5.75. The smallest absolute Gasteiger partial charge is 0.396 e. The minimum atomic E-state index is -0.798. The Hall–Kier alpha value is -3.31. The number of carbonyl (C=O) groups excluding carboxylic acids is 2. The summed E-state index contributed by atoms with van der Waals surface area (Å²) in [6, 6.07) is 3.87. The van der Waals surface area contributed by atoms with Crippen LogP contribution >= 0.6 is 0 Å². The van der Waals surface area contributed by atoms with Gasteiger partial charge < -0.3 is 20.2 Å². The third-order valence-electron chi connectivity index (χ3n) is 5.83. The van der Waals surface area contributed by atoms with Crippen LogP contribution in [0, 0.1) is 5.82 Å². The van der Waals surface area contributed by atoms with E-state index in [0.717, 1.165) is 18.5 Å². The molecular formula is C22H25FN6O4. The molecule has 1 saturated heterocycles. The average molecular weight is 456 g/mol. The van der Waals surface area contributed by atoms with Gasteiger partial charge in [0.15, 0.2) is 6.17 Å². The van der Waals surface area contributed by atoms with E-state index in [2.05, 4.69) is 9.98 Å². The van der Waals surface area contributed by atoms with E-state index in [0.29, 0.717) is 17.9 Å². The van der Waals surface area contributed by atoms with E-state index < -0.39 is 23.6 Å². The normalized spacial score (nSPS) is 22.3. The van der Waals surface area contributed by atoms with Gasteiger partial charge in [-0.15, -0.1) is 0 Å². The van der Waals surface area contributed by atoms with E-state index in [4.69, 9.17) is 15.3 Å². The van der Waals surface area contributed by atoms with Crippen LogP contribution in [0.5, 0.6) is 0 Å². The van der Waals surface area contributed by atoms with Gasteiger partial charge in [-0.2, -0.15) is 0 Å². The zero-order valence-corrected chi connectivity index (χ0v) is 18.6. The van der Waals surface area contributed by atoms with Gasteiger partial charge >= 0.3 is 11.9 Å². The van der Waals surface area contributed by atoms with Crippen molar-refractivity contribution in [1.82, 2.24) is 19.5 Å². The number of fused-ring (bicyclic) bond motifs is 5. The largest absolute Gasteiger partial charge is 0.453 e. The molecule has 174 valence electrons. The molecule has 5 rings (SSSR count). The fraction of sp³-hybridized carbons (Fsp3) is 0.455. The van der Waals surface area contributed by atoms with Gasteiger partial charge in [-0.05, 0) is 51.8 Å². The van der Waals surface area contributed by atoms with Gasteiger partial charge in [-0.1, -0.05) is 5.06 Å². The van der Waals surface area contributed by atoms with Gasteiger partial charge in [-0.25, -0.2) is 19.2 Å². The highest BCUT2D eigenvalue weighted by atomic mass is 19.1. The zero-order chi connectivity index (χ0) is 23.5. The molecule has 1 unspecified atom stereocenters. The van der Waals surface area contributed by atoms with E-state index in [1.165, 1.54) is 17.2 Å². The number of halogens is 1. The zero-order valence-electron chi connectivity index (χ0n) is 18.6. The number of hydroxylamine groups is 2. The summed E-state index contributed by atoms with van der Waals surface area (Å²) >= 11 is 0. The molecule has 2 atom stereocenters. The number of esters is 1. The van der Waals surface area contributed by atoms with Gasteiger partial charge in [-0.3, -0.25) is 9.36 Å². The lowest BCUT2D eigenvalue weighted by atomic mass is 10.1. The molecular weight excluding hydrogens is 431 g/mol. The summed E-state index contributed by atoms with van der Waals surface area (Å²) < 4.78 is 21.2. The maximum Gasteiger partial charge on any atom is 0.396 e. The van der Waals surface area contributed by atoms with Crippen LogP contribution in [0.2, 0.25) is 0 Å². The second-order valence-electron chi connectivity index (χ2n) is 9.20. The number of hydrogen-bond acceptors (Lipinski definition) is 8. The number of hydrogen-bond donors (Lipinski definition) is 1. The minimum absolute atomic E-state index is 0.0537. The summed E-state index contributed by atoms with van der Waals surface area (Å²) in [5.41, 5.74) is 7.24. The van der Waals surface area contributed by atoms with Crippen molar-refractivity contribution >= 4 is 17.8 Å². The fourth-order valence-electron chi connectivity index (χ4n) is 4.54. The van der Waals surface area contributed by atoms with E-state index in [1.54, 1.807) is 42.6 Å². The number of nitrogens with zero attached hydrogens (tertiary/aromatic N) is 5. The number of amides is 1. The van der Waals surface area contributed by atoms with Crippen molar-refractivity contribution in [3.63, 3.8) is 0 Å². The monoisotopic (exact) mass is 456 g/mol. The Morgan fingerprint density at radius 3 is 2.88 bits per heavy atom.